The van der Waals surface area contributed by atoms with Gasteiger partial charge in [0.25, 0.3) is 0 Å². The van der Waals surface area contributed by atoms with Crippen molar-refractivity contribution in [2.45, 2.75) is 25.6 Å². The lowest BCUT2D eigenvalue weighted by atomic mass is 10.1. The third-order valence-corrected chi connectivity index (χ3v) is 3.88. The average Bonchev–Trinajstić information content (AvgIpc) is 2.80. The molecule has 3 nitrogen and oxygen atoms in total. The van der Waals surface area contributed by atoms with E-state index in [1.54, 1.807) is 38.3 Å². The Kier molecular flexibility index (Phi) is 3.55. The summed E-state index contributed by atoms with van der Waals surface area (Å²) in [7, 11) is 1.58. The summed E-state index contributed by atoms with van der Waals surface area (Å²) in [6, 6.07) is 10.6. The number of aliphatic hydroxyl groups excluding tert-OH is 1. The molecule has 2 atom stereocenters. The fraction of sp³-hybridized carbons (Fsp3) is 0.294. The van der Waals surface area contributed by atoms with E-state index in [4.69, 9.17) is 9.47 Å². The second kappa shape index (κ2) is 5.37. The molecule has 4 heteroatoms. The molecule has 21 heavy (non-hydrogen) atoms. The maximum Gasteiger partial charge on any atom is 0.167 e. The van der Waals surface area contributed by atoms with Crippen LogP contribution in [0.2, 0.25) is 0 Å². The van der Waals surface area contributed by atoms with E-state index in [0.29, 0.717) is 17.7 Å². The molecule has 0 aliphatic heterocycles. The van der Waals surface area contributed by atoms with Gasteiger partial charge >= 0.3 is 0 Å². The van der Waals surface area contributed by atoms with E-state index in [1.165, 1.54) is 0 Å². The predicted molar refractivity (Wildman–Crippen MR) is 77.2 cm³/mol. The van der Waals surface area contributed by atoms with Crippen molar-refractivity contribution in [3.63, 3.8) is 0 Å². The minimum atomic E-state index is -0.782. The average molecular weight is 288 g/mol. The van der Waals surface area contributed by atoms with Crippen molar-refractivity contribution in [3.05, 3.63) is 58.9 Å². The van der Waals surface area contributed by atoms with Crippen molar-refractivity contribution in [3.8, 4) is 11.5 Å². The van der Waals surface area contributed by atoms with Crippen molar-refractivity contribution in [2.75, 3.05) is 7.11 Å². The smallest absolute Gasteiger partial charge is 0.167 e. The van der Waals surface area contributed by atoms with Crippen molar-refractivity contribution < 1.29 is 19.0 Å². The SMILES string of the molecule is COc1ccc2c(c1)C(O)C(Oc1cccc(C)c1F)C2. The highest BCUT2D eigenvalue weighted by Gasteiger charge is 2.33. The lowest BCUT2D eigenvalue weighted by Gasteiger charge is -2.18. The minimum Gasteiger partial charge on any atom is -0.497 e. The van der Waals surface area contributed by atoms with Gasteiger partial charge in [0.15, 0.2) is 11.6 Å². The summed E-state index contributed by atoms with van der Waals surface area (Å²) in [5.74, 6) is 0.493. The number of ether oxygens (including phenoxy) is 2. The van der Waals surface area contributed by atoms with Crippen LogP contribution in [-0.2, 0) is 6.42 Å². The van der Waals surface area contributed by atoms with Crippen LogP contribution >= 0.6 is 0 Å². The third-order valence-electron chi connectivity index (χ3n) is 3.88. The normalized spacial score (nSPS) is 20.2. The topological polar surface area (TPSA) is 38.7 Å². The molecule has 0 heterocycles. The van der Waals surface area contributed by atoms with Crippen LogP contribution in [0.1, 0.15) is 22.8 Å². The zero-order valence-electron chi connectivity index (χ0n) is 12.0. The number of halogens is 1. The molecular weight excluding hydrogens is 271 g/mol. The van der Waals surface area contributed by atoms with Gasteiger partial charge < -0.3 is 14.6 Å². The van der Waals surface area contributed by atoms with E-state index in [1.807, 2.05) is 12.1 Å². The molecule has 0 radical (unpaired) electrons. The van der Waals surface area contributed by atoms with Crippen LogP contribution in [0.15, 0.2) is 36.4 Å². The van der Waals surface area contributed by atoms with E-state index in [2.05, 4.69) is 0 Å². The van der Waals surface area contributed by atoms with Crippen molar-refractivity contribution in [1.82, 2.24) is 0 Å². The predicted octanol–water partition coefficient (Wildman–Crippen LogP) is 3.18. The minimum absolute atomic E-state index is 0.179. The molecule has 0 bridgehead atoms. The quantitative estimate of drug-likeness (QED) is 0.942. The standard InChI is InChI=1S/C17H17FO3/c1-10-4-3-5-14(16(10)18)21-15-8-11-6-7-12(20-2)9-13(11)17(15)19/h3-7,9,15,17,19H,8H2,1-2H3. The van der Waals surface area contributed by atoms with Crippen LogP contribution in [-0.4, -0.2) is 18.3 Å². The second-order valence-electron chi connectivity index (χ2n) is 5.26. The number of fused-ring (bicyclic) bond motifs is 1. The van der Waals surface area contributed by atoms with Crippen molar-refractivity contribution in [2.24, 2.45) is 0 Å². The zero-order valence-corrected chi connectivity index (χ0v) is 12.0. The summed E-state index contributed by atoms with van der Waals surface area (Å²) in [4.78, 5) is 0. The fourth-order valence-electron chi connectivity index (χ4n) is 2.67. The number of hydrogen-bond acceptors (Lipinski definition) is 3. The summed E-state index contributed by atoms with van der Waals surface area (Å²) in [5.41, 5.74) is 2.31. The summed E-state index contributed by atoms with van der Waals surface area (Å²) in [6.07, 6.45) is -0.716. The fourth-order valence-corrected chi connectivity index (χ4v) is 2.67. The van der Waals surface area contributed by atoms with Gasteiger partial charge in [0.1, 0.15) is 18.0 Å². The highest BCUT2D eigenvalue weighted by Crippen LogP contribution is 2.36. The van der Waals surface area contributed by atoms with Gasteiger partial charge in [-0.05, 0) is 41.8 Å². The number of methoxy groups -OCH3 is 1. The molecule has 1 N–H and O–H groups in total. The number of hydrogen-bond donors (Lipinski definition) is 1. The first-order valence-electron chi connectivity index (χ1n) is 6.87. The first-order valence-corrected chi connectivity index (χ1v) is 6.87. The molecule has 3 rings (SSSR count). The highest BCUT2D eigenvalue weighted by molar-refractivity contribution is 5.42. The lowest BCUT2D eigenvalue weighted by Crippen LogP contribution is -2.22. The van der Waals surface area contributed by atoms with E-state index >= 15 is 0 Å². The third kappa shape index (κ3) is 2.47. The van der Waals surface area contributed by atoms with Gasteiger partial charge in [-0.25, -0.2) is 4.39 Å². The molecule has 0 saturated heterocycles. The maximum atomic E-state index is 14.0. The van der Waals surface area contributed by atoms with E-state index in [-0.39, 0.29) is 11.6 Å². The van der Waals surface area contributed by atoms with Crippen LogP contribution in [0.4, 0.5) is 4.39 Å². The van der Waals surface area contributed by atoms with Gasteiger partial charge in [-0.15, -0.1) is 0 Å². The summed E-state index contributed by atoms with van der Waals surface area (Å²) in [5, 5.41) is 10.4. The molecular formula is C17H17FO3. The molecule has 0 aromatic heterocycles. The van der Waals surface area contributed by atoms with Crippen molar-refractivity contribution in [1.29, 1.82) is 0 Å². The number of rotatable bonds is 3. The Morgan fingerprint density at radius 3 is 2.81 bits per heavy atom. The summed E-state index contributed by atoms with van der Waals surface area (Å²) < 4.78 is 24.9. The Morgan fingerprint density at radius 2 is 2.05 bits per heavy atom. The van der Waals surface area contributed by atoms with E-state index < -0.39 is 12.2 Å². The molecule has 2 unspecified atom stereocenters. The molecule has 0 saturated carbocycles. The molecule has 2 aromatic rings. The molecule has 2 aromatic carbocycles. The maximum absolute atomic E-state index is 14.0. The molecule has 0 fully saturated rings. The number of aliphatic hydroxyl groups is 1. The molecule has 0 spiro atoms. The van der Waals surface area contributed by atoms with Crippen LogP contribution in [0, 0.1) is 12.7 Å². The largest absolute Gasteiger partial charge is 0.497 e. The Hall–Kier alpha value is -2.07. The monoisotopic (exact) mass is 288 g/mol. The van der Waals surface area contributed by atoms with Crippen LogP contribution in [0.25, 0.3) is 0 Å². The second-order valence-corrected chi connectivity index (χ2v) is 5.26. The van der Waals surface area contributed by atoms with Gasteiger partial charge in [-0.1, -0.05) is 18.2 Å². The zero-order chi connectivity index (χ0) is 15.0. The Morgan fingerprint density at radius 1 is 1.24 bits per heavy atom. The van der Waals surface area contributed by atoms with Gasteiger partial charge in [-0.2, -0.15) is 0 Å². The van der Waals surface area contributed by atoms with Gasteiger partial charge in [0.2, 0.25) is 0 Å². The Labute approximate surface area is 122 Å². The molecule has 110 valence electrons. The Balaban J connectivity index is 1.84. The van der Waals surface area contributed by atoms with Crippen molar-refractivity contribution >= 4 is 0 Å². The van der Waals surface area contributed by atoms with Gasteiger partial charge in [0.05, 0.1) is 7.11 Å². The first kappa shape index (κ1) is 13.9. The van der Waals surface area contributed by atoms with E-state index in [0.717, 1.165) is 11.1 Å². The molecule has 0 amide bonds. The number of aryl methyl sites for hydroxylation is 1. The van der Waals surface area contributed by atoms with Gasteiger partial charge in [-0.3, -0.25) is 0 Å². The molecule has 1 aliphatic carbocycles. The number of benzene rings is 2. The summed E-state index contributed by atoms with van der Waals surface area (Å²) >= 11 is 0. The van der Waals surface area contributed by atoms with Crippen LogP contribution in [0.3, 0.4) is 0 Å². The lowest BCUT2D eigenvalue weighted by molar-refractivity contribution is 0.0468. The Bertz CT molecular complexity index is 669. The van der Waals surface area contributed by atoms with Gasteiger partial charge in [0, 0.05) is 6.42 Å². The van der Waals surface area contributed by atoms with Crippen LogP contribution < -0.4 is 9.47 Å². The highest BCUT2D eigenvalue weighted by atomic mass is 19.1. The first-order chi connectivity index (χ1) is 10.1. The van der Waals surface area contributed by atoms with Crippen LogP contribution in [0.5, 0.6) is 11.5 Å². The van der Waals surface area contributed by atoms with E-state index in [9.17, 15) is 9.50 Å². The molecule has 1 aliphatic rings. The summed E-state index contributed by atoms with van der Waals surface area (Å²) in [6.45, 7) is 1.69.